The molecule has 0 bridgehead atoms. The van der Waals surface area contributed by atoms with Crippen LogP contribution in [0.5, 0.6) is 0 Å². The minimum atomic E-state index is -2.20. The van der Waals surface area contributed by atoms with E-state index in [9.17, 15) is 10.2 Å². The molecule has 0 saturated carbocycles. The smallest absolute Gasteiger partial charge is 0.253 e. The molecule has 0 aliphatic carbocycles. The molecular formula is C10H9N3O2. The first-order valence-electron chi connectivity index (χ1n) is 4.34. The summed E-state index contributed by atoms with van der Waals surface area (Å²) in [5.41, 5.74) is 0.161. The number of pyridine rings is 1. The molecule has 15 heavy (non-hydrogen) atoms. The molecule has 0 atom stereocenters. The van der Waals surface area contributed by atoms with Crippen molar-refractivity contribution in [1.29, 1.82) is 0 Å². The van der Waals surface area contributed by atoms with Crippen molar-refractivity contribution in [2.24, 2.45) is 0 Å². The van der Waals surface area contributed by atoms with E-state index in [0.29, 0.717) is 0 Å². The maximum absolute atomic E-state index is 9.85. The third-order valence-electron chi connectivity index (χ3n) is 1.94. The number of nitrogens with zero attached hydrogens (tertiary/aromatic N) is 3. The first-order valence-corrected chi connectivity index (χ1v) is 4.34. The van der Waals surface area contributed by atoms with Crippen molar-refractivity contribution in [3.63, 3.8) is 0 Å². The van der Waals surface area contributed by atoms with Crippen LogP contribution in [0.4, 0.5) is 0 Å². The van der Waals surface area contributed by atoms with Gasteiger partial charge in [-0.05, 0) is 12.1 Å². The second-order valence-electron chi connectivity index (χ2n) is 2.98. The largest absolute Gasteiger partial charge is 0.356 e. The number of rotatable bonds is 2. The highest BCUT2D eigenvalue weighted by molar-refractivity contribution is 5.20. The molecule has 2 aromatic heterocycles. The lowest BCUT2D eigenvalue weighted by atomic mass is 10.1. The van der Waals surface area contributed by atoms with E-state index in [1.165, 1.54) is 30.9 Å². The second kappa shape index (κ2) is 3.72. The Bertz CT molecular complexity index is 389. The Morgan fingerprint density at radius 1 is 0.933 bits per heavy atom. The molecular weight excluding hydrogens is 194 g/mol. The molecule has 5 heteroatoms. The van der Waals surface area contributed by atoms with E-state index in [1.54, 1.807) is 12.1 Å². The Morgan fingerprint density at radius 2 is 1.73 bits per heavy atom. The van der Waals surface area contributed by atoms with Crippen molar-refractivity contribution in [3.8, 4) is 0 Å². The predicted octanol–water partition coefficient (Wildman–Crippen LogP) is 0.0573. The van der Waals surface area contributed by atoms with Crippen molar-refractivity contribution in [3.05, 3.63) is 54.4 Å². The summed E-state index contributed by atoms with van der Waals surface area (Å²) >= 11 is 0. The van der Waals surface area contributed by atoms with Gasteiger partial charge in [0.2, 0.25) is 0 Å². The van der Waals surface area contributed by atoms with E-state index in [4.69, 9.17) is 0 Å². The van der Waals surface area contributed by atoms with Gasteiger partial charge in [-0.25, -0.2) is 0 Å². The van der Waals surface area contributed by atoms with Crippen molar-refractivity contribution < 1.29 is 10.2 Å². The van der Waals surface area contributed by atoms with Gasteiger partial charge in [-0.15, -0.1) is 0 Å². The van der Waals surface area contributed by atoms with E-state index in [2.05, 4.69) is 15.0 Å². The van der Waals surface area contributed by atoms with Gasteiger partial charge in [0.25, 0.3) is 5.79 Å². The van der Waals surface area contributed by atoms with Gasteiger partial charge < -0.3 is 10.2 Å². The number of aromatic nitrogens is 3. The Morgan fingerprint density at radius 3 is 2.33 bits per heavy atom. The SMILES string of the molecule is OC(O)(c1ccccn1)c1cnccn1. The van der Waals surface area contributed by atoms with E-state index in [0.717, 1.165) is 0 Å². The standard InChI is InChI=1S/C10H9N3O2/c14-10(15,8-3-1-2-4-12-8)9-7-11-5-6-13-9/h1-7,14-15H. The van der Waals surface area contributed by atoms with Crippen LogP contribution in [0.25, 0.3) is 0 Å². The summed E-state index contributed by atoms with van der Waals surface area (Å²) in [7, 11) is 0. The van der Waals surface area contributed by atoms with Gasteiger partial charge in [-0.1, -0.05) is 6.07 Å². The van der Waals surface area contributed by atoms with Gasteiger partial charge in [-0.2, -0.15) is 0 Å². The van der Waals surface area contributed by atoms with E-state index < -0.39 is 5.79 Å². The van der Waals surface area contributed by atoms with Crippen LogP contribution in [0, 0.1) is 0 Å². The van der Waals surface area contributed by atoms with E-state index >= 15 is 0 Å². The molecule has 0 aliphatic rings. The van der Waals surface area contributed by atoms with Crippen LogP contribution in [0.1, 0.15) is 11.4 Å². The second-order valence-corrected chi connectivity index (χ2v) is 2.98. The van der Waals surface area contributed by atoms with Crippen molar-refractivity contribution in [1.82, 2.24) is 15.0 Å². The molecule has 0 aromatic carbocycles. The van der Waals surface area contributed by atoms with Gasteiger partial charge in [-0.3, -0.25) is 15.0 Å². The molecule has 2 aromatic rings. The van der Waals surface area contributed by atoms with Crippen LogP contribution in [0.2, 0.25) is 0 Å². The maximum atomic E-state index is 9.85. The van der Waals surface area contributed by atoms with E-state index in [-0.39, 0.29) is 11.4 Å². The number of aliphatic hydroxyl groups is 2. The minimum Gasteiger partial charge on any atom is -0.356 e. The zero-order valence-electron chi connectivity index (χ0n) is 7.78. The first kappa shape index (κ1) is 9.70. The zero-order chi connectivity index (χ0) is 10.7. The van der Waals surface area contributed by atoms with Crippen LogP contribution >= 0.6 is 0 Å². The summed E-state index contributed by atoms with van der Waals surface area (Å²) in [5.74, 6) is -2.20. The lowest BCUT2D eigenvalue weighted by Crippen LogP contribution is -2.29. The quantitative estimate of drug-likeness (QED) is 0.674. The molecule has 0 radical (unpaired) electrons. The Balaban J connectivity index is 2.44. The van der Waals surface area contributed by atoms with Crippen LogP contribution in [0.15, 0.2) is 43.0 Å². The Kier molecular flexibility index (Phi) is 2.40. The van der Waals surface area contributed by atoms with Crippen molar-refractivity contribution in [2.75, 3.05) is 0 Å². The fourth-order valence-electron chi connectivity index (χ4n) is 1.18. The highest BCUT2D eigenvalue weighted by Gasteiger charge is 2.31. The lowest BCUT2D eigenvalue weighted by Gasteiger charge is -2.19. The van der Waals surface area contributed by atoms with Crippen LogP contribution in [-0.2, 0) is 5.79 Å². The minimum absolute atomic E-state index is 0.0451. The summed E-state index contributed by atoms with van der Waals surface area (Å²) in [5, 5.41) is 19.7. The molecule has 0 fully saturated rings. The summed E-state index contributed by atoms with van der Waals surface area (Å²) in [6.07, 6.45) is 5.61. The van der Waals surface area contributed by atoms with E-state index in [1.807, 2.05) is 0 Å². The van der Waals surface area contributed by atoms with Crippen molar-refractivity contribution in [2.45, 2.75) is 5.79 Å². The van der Waals surface area contributed by atoms with Gasteiger partial charge in [0.1, 0.15) is 11.4 Å². The third kappa shape index (κ3) is 1.83. The molecule has 0 amide bonds. The van der Waals surface area contributed by atoms with Gasteiger partial charge >= 0.3 is 0 Å². The Hall–Kier alpha value is -1.85. The predicted molar refractivity (Wildman–Crippen MR) is 51.5 cm³/mol. The molecule has 76 valence electrons. The number of hydrogen-bond donors (Lipinski definition) is 2. The summed E-state index contributed by atoms with van der Waals surface area (Å²) in [6.45, 7) is 0. The average molecular weight is 203 g/mol. The zero-order valence-corrected chi connectivity index (χ0v) is 7.78. The number of hydrogen-bond acceptors (Lipinski definition) is 5. The third-order valence-corrected chi connectivity index (χ3v) is 1.94. The molecule has 0 aliphatic heterocycles. The van der Waals surface area contributed by atoms with Crippen LogP contribution in [0.3, 0.4) is 0 Å². The van der Waals surface area contributed by atoms with Gasteiger partial charge in [0, 0.05) is 18.6 Å². The molecule has 2 N–H and O–H groups in total. The molecule has 0 unspecified atom stereocenters. The summed E-state index contributed by atoms with van der Waals surface area (Å²) < 4.78 is 0. The normalized spacial score (nSPS) is 11.3. The summed E-state index contributed by atoms with van der Waals surface area (Å²) in [6, 6.07) is 4.87. The maximum Gasteiger partial charge on any atom is 0.253 e. The van der Waals surface area contributed by atoms with Gasteiger partial charge in [0.15, 0.2) is 0 Å². The lowest BCUT2D eigenvalue weighted by molar-refractivity contribution is -0.138. The molecule has 5 nitrogen and oxygen atoms in total. The first-order chi connectivity index (χ1) is 7.21. The molecule has 0 saturated heterocycles. The van der Waals surface area contributed by atoms with Crippen LogP contribution in [-0.4, -0.2) is 25.2 Å². The average Bonchev–Trinajstić information content (AvgIpc) is 2.31. The molecule has 2 rings (SSSR count). The van der Waals surface area contributed by atoms with Crippen LogP contribution < -0.4 is 0 Å². The van der Waals surface area contributed by atoms with Gasteiger partial charge in [0.05, 0.1) is 6.20 Å². The summed E-state index contributed by atoms with van der Waals surface area (Å²) in [4.78, 5) is 11.4. The Labute approximate surface area is 86.1 Å². The molecule has 2 heterocycles. The topological polar surface area (TPSA) is 79.1 Å². The highest BCUT2D eigenvalue weighted by atomic mass is 16.5. The van der Waals surface area contributed by atoms with Crippen molar-refractivity contribution >= 4 is 0 Å². The fraction of sp³-hybridized carbons (Fsp3) is 0.100. The fourth-order valence-corrected chi connectivity index (χ4v) is 1.18. The highest BCUT2D eigenvalue weighted by Crippen LogP contribution is 2.21. The monoisotopic (exact) mass is 203 g/mol. The molecule has 0 spiro atoms.